The van der Waals surface area contributed by atoms with Gasteiger partial charge in [0.05, 0.1) is 23.9 Å². The number of esters is 1. The number of rotatable bonds is 6. The summed E-state index contributed by atoms with van der Waals surface area (Å²) in [6.07, 6.45) is 0. The summed E-state index contributed by atoms with van der Waals surface area (Å²) in [7, 11) is 0. The summed E-state index contributed by atoms with van der Waals surface area (Å²) < 4.78 is 16.4. The number of anilines is 1. The predicted molar refractivity (Wildman–Crippen MR) is 146 cm³/mol. The number of hydrogen-bond acceptors (Lipinski definition) is 9. The van der Waals surface area contributed by atoms with E-state index in [2.05, 4.69) is 18.8 Å². The lowest BCUT2D eigenvalue weighted by atomic mass is 9.93. The summed E-state index contributed by atoms with van der Waals surface area (Å²) in [4.78, 5) is 45.4. The Morgan fingerprint density at radius 2 is 1.82 bits per heavy atom. The van der Waals surface area contributed by atoms with E-state index in [1.54, 1.807) is 32.0 Å². The first-order valence-electron chi connectivity index (χ1n) is 12.7. The first-order chi connectivity index (χ1) is 18.7. The summed E-state index contributed by atoms with van der Waals surface area (Å²) in [5.41, 5.74) is 2.31. The molecule has 1 atom stereocenters. The van der Waals surface area contributed by atoms with E-state index in [1.165, 1.54) is 4.90 Å². The van der Waals surface area contributed by atoms with Crippen molar-refractivity contribution in [1.82, 2.24) is 4.98 Å². The molecule has 1 saturated heterocycles. The lowest BCUT2D eigenvalue weighted by Crippen LogP contribution is -2.29. The van der Waals surface area contributed by atoms with Gasteiger partial charge in [-0.05, 0) is 49.1 Å². The smallest absolute Gasteiger partial charge is 0.350 e. The van der Waals surface area contributed by atoms with Gasteiger partial charge in [0, 0.05) is 5.56 Å². The second kappa shape index (κ2) is 10.5. The number of carbonyl (C=O) groups is 3. The van der Waals surface area contributed by atoms with E-state index in [0.29, 0.717) is 41.5 Å². The highest BCUT2D eigenvalue weighted by atomic mass is 32.1. The van der Waals surface area contributed by atoms with Crippen LogP contribution in [0.5, 0.6) is 11.5 Å². The van der Waals surface area contributed by atoms with E-state index in [1.807, 2.05) is 24.3 Å². The summed E-state index contributed by atoms with van der Waals surface area (Å²) >= 11 is 0.972. The van der Waals surface area contributed by atoms with E-state index in [9.17, 15) is 19.5 Å². The predicted octanol–water partition coefficient (Wildman–Crippen LogP) is 5.15. The molecule has 3 heterocycles. The molecule has 2 aliphatic rings. The van der Waals surface area contributed by atoms with Crippen molar-refractivity contribution in [1.29, 1.82) is 0 Å². The third kappa shape index (κ3) is 4.76. The number of carbonyl (C=O) groups excluding carboxylic acids is 3. The number of Topliss-reactive ketones (excluding diaryl/α,β-unsaturated/α-hetero) is 1. The maximum absolute atomic E-state index is 13.5. The van der Waals surface area contributed by atoms with Crippen LogP contribution < -0.4 is 14.4 Å². The minimum atomic E-state index is -0.972. The zero-order valence-corrected chi connectivity index (χ0v) is 22.8. The second-order valence-corrected chi connectivity index (χ2v) is 10.5. The highest BCUT2D eigenvalue weighted by Crippen LogP contribution is 2.45. The average molecular weight is 549 g/mol. The largest absolute Gasteiger partial charge is 0.507 e. The third-order valence-corrected chi connectivity index (χ3v) is 7.77. The molecule has 9 nitrogen and oxygen atoms in total. The van der Waals surface area contributed by atoms with E-state index in [4.69, 9.17) is 14.2 Å². The van der Waals surface area contributed by atoms with Gasteiger partial charge in [-0.15, -0.1) is 0 Å². The molecule has 0 saturated carbocycles. The molecule has 2 aliphatic heterocycles. The first kappa shape index (κ1) is 26.4. The zero-order chi connectivity index (χ0) is 27.8. The Hall–Kier alpha value is -4.18. The van der Waals surface area contributed by atoms with Gasteiger partial charge in [-0.2, -0.15) is 0 Å². The van der Waals surface area contributed by atoms with Gasteiger partial charge >= 0.3 is 11.9 Å². The molecule has 0 radical (unpaired) electrons. The number of ether oxygens (including phenoxy) is 3. The van der Waals surface area contributed by atoms with Crippen molar-refractivity contribution in [3.63, 3.8) is 0 Å². The van der Waals surface area contributed by atoms with E-state index in [-0.39, 0.29) is 33.9 Å². The van der Waals surface area contributed by atoms with Gasteiger partial charge in [-0.3, -0.25) is 14.5 Å². The molecule has 10 heteroatoms. The van der Waals surface area contributed by atoms with Crippen LogP contribution in [0.4, 0.5) is 5.13 Å². The number of fused-ring (bicyclic) bond motifs is 1. The van der Waals surface area contributed by atoms with Crippen molar-refractivity contribution in [2.75, 3.05) is 24.7 Å². The van der Waals surface area contributed by atoms with Gasteiger partial charge in [0.1, 0.15) is 23.9 Å². The van der Waals surface area contributed by atoms with Crippen LogP contribution in [0.1, 0.15) is 64.8 Å². The minimum Gasteiger partial charge on any atom is -0.507 e. The van der Waals surface area contributed by atoms with Crippen molar-refractivity contribution < 1.29 is 33.7 Å². The number of ketones is 1. The Morgan fingerprint density at radius 1 is 1.13 bits per heavy atom. The molecule has 0 spiro atoms. The number of aromatic nitrogens is 1. The van der Waals surface area contributed by atoms with Gasteiger partial charge in [0.25, 0.3) is 5.78 Å². The van der Waals surface area contributed by atoms with Crippen molar-refractivity contribution in [3.05, 3.63) is 75.3 Å². The monoisotopic (exact) mass is 548 g/mol. The molecule has 3 aromatic rings. The molecule has 5 rings (SSSR count). The fourth-order valence-electron chi connectivity index (χ4n) is 4.63. The zero-order valence-electron chi connectivity index (χ0n) is 22.0. The molecule has 0 bridgehead atoms. The van der Waals surface area contributed by atoms with E-state index < -0.39 is 23.7 Å². The molecular formula is C29H28N2O7S. The normalized spacial score (nSPS) is 18.1. The average Bonchev–Trinajstić information content (AvgIpc) is 3.44. The van der Waals surface area contributed by atoms with Crippen molar-refractivity contribution in [3.8, 4) is 11.5 Å². The van der Waals surface area contributed by atoms with Crippen molar-refractivity contribution >= 4 is 39.9 Å². The van der Waals surface area contributed by atoms with Crippen LogP contribution in [-0.2, 0) is 14.3 Å². The molecule has 1 fully saturated rings. The minimum absolute atomic E-state index is 0.0838. The highest BCUT2D eigenvalue weighted by Gasteiger charge is 2.48. The standard InChI is InChI=1S/C29H28N2O7S/c1-5-36-28(35)26-16(4)30-29(39-26)31-23(18-8-6-17(7-9-18)15(2)3)22(25(33)27(31)34)24(32)19-10-11-20-21(14-19)38-13-12-37-20/h6-11,14-15,23,32H,5,12-13H2,1-4H3/b24-22+. The molecule has 1 N–H and O–H groups in total. The number of benzene rings is 2. The van der Waals surface area contributed by atoms with Crippen molar-refractivity contribution in [2.45, 2.75) is 39.7 Å². The van der Waals surface area contributed by atoms with Gasteiger partial charge in [0.2, 0.25) is 0 Å². The molecule has 39 heavy (non-hydrogen) atoms. The Morgan fingerprint density at radius 3 is 2.49 bits per heavy atom. The number of thiazole rings is 1. The number of amides is 1. The van der Waals surface area contributed by atoms with Crippen LogP contribution in [0.25, 0.3) is 5.76 Å². The highest BCUT2D eigenvalue weighted by molar-refractivity contribution is 7.17. The summed E-state index contributed by atoms with van der Waals surface area (Å²) in [5.74, 6) is -1.36. The fraction of sp³-hybridized carbons (Fsp3) is 0.310. The van der Waals surface area contributed by atoms with E-state index in [0.717, 1.165) is 16.9 Å². The topological polar surface area (TPSA) is 115 Å². The molecule has 1 aromatic heterocycles. The molecule has 1 amide bonds. The number of aliphatic hydroxyl groups is 1. The third-order valence-electron chi connectivity index (χ3n) is 6.63. The lowest BCUT2D eigenvalue weighted by molar-refractivity contribution is -0.132. The Bertz CT molecular complexity index is 1490. The molecular weight excluding hydrogens is 520 g/mol. The van der Waals surface area contributed by atoms with Gasteiger partial charge in [-0.25, -0.2) is 9.78 Å². The number of aryl methyl sites for hydroxylation is 1. The summed E-state index contributed by atoms with van der Waals surface area (Å²) in [6, 6.07) is 11.4. The maximum atomic E-state index is 13.5. The van der Waals surface area contributed by atoms with Gasteiger partial charge < -0.3 is 19.3 Å². The van der Waals surface area contributed by atoms with Gasteiger partial charge in [0.15, 0.2) is 16.6 Å². The van der Waals surface area contributed by atoms with Crippen LogP contribution in [0.2, 0.25) is 0 Å². The van der Waals surface area contributed by atoms with Crippen LogP contribution in [-0.4, -0.2) is 47.6 Å². The van der Waals surface area contributed by atoms with Crippen LogP contribution in [0.3, 0.4) is 0 Å². The Labute approximate surface area is 229 Å². The number of nitrogens with zero attached hydrogens (tertiary/aromatic N) is 2. The SMILES string of the molecule is CCOC(=O)c1sc(N2C(=O)C(=O)/C(=C(/O)c3ccc4c(c3)OCCO4)C2c2ccc(C(C)C)cc2)nc1C. The van der Waals surface area contributed by atoms with Gasteiger partial charge in [-0.1, -0.05) is 49.4 Å². The number of aliphatic hydroxyl groups excluding tert-OH is 1. The molecule has 1 unspecified atom stereocenters. The second-order valence-electron chi connectivity index (χ2n) is 9.48. The quantitative estimate of drug-likeness (QED) is 0.195. The Kier molecular flexibility index (Phi) is 7.14. The molecule has 2 aromatic carbocycles. The summed E-state index contributed by atoms with van der Waals surface area (Å²) in [5, 5.41) is 11.6. The summed E-state index contributed by atoms with van der Waals surface area (Å²) in [6.45, 7) is 8.44. The Balaban J connectivity index is 1.66. The first-order valence-corrected chi connectivity index (χ1v) is 13.5. The lowest BCUT2D eigenvalue weighted by Gasteiger charge is -2.24. The molecule has 202 valence electrons. The van der Waals surface area contributed by atoms with Crippen molar-refractivity contribution in [2.24, 2.45) is 0 Å². The maximum Gasteiger partial charge on any atom is 0.350 e. The van der Waals surface area contributed by atoms with Crippen LogP contribution >= 0.6 is 11.3 Å². The van der Waals surface area contributed by atoms with Crippen LogP contribution in [0, 0.1) is 6.92 Å². The molecule has 0 aliphatic carbocycles. The fourth-order valence-corrected chi connectivity index (χ4v) is 5.61. The van der Waals surface area contributed by atoms with E-state index >= 15 is 0 Å². The van der Waals surface area contributed by atoms with Crippen LogP contribution in [0.15, 0.2) is 48.0 Å². The number of hydrogen-bond donors (Lipinski definition) is 1.